The number of rotatable bonds is 1. The Hall–Kier alpha value is 0.375. The lowest BCUT2D eigenvalue weighted by Crippen LogP contribution is -2.52. The van der Waals surface area contributed by atoms with E-state index in [1.807, 2.05) is 0 Å². The van der Waals surface area contributed by atoms with Crippen LogP contribution in [0.1, 0.15) is 19.3 Å². The lowest BCUT2D eigenvalue weighted by atomic mass is 9.55. The third-order valence-electron chi connectivity index (χ3n) is 3.41. The van der Waals surface area contributed by atoms with Crippen LogP contribution in [0.2, 0.25) is 20.5 Å². The van der Waals surface area contributed by atoms with Crippen molar-refractivity contribution in [2.45, 2.75) is 58.0 Å². The first-order chi connectivity index (χ1) is 6.48. The second-order valence-electron chi connectivity index (χ2n) is 5.94. The van der Waals surface area contributed by atoms with Gasteiger partial charge >= 0.3 is 0 Å². The van der Waals surface area contributed by atoms with E-state index < -0.39 is 13.7 Å². The maximum Gasteiger partial charge on any atom is 0.258 e. The van der Waals surface area contributed by atoms with Gasteiger partial charge in [-0.3, -0.25) is 0 Å². The SMILES string of the molecule is C[B-](C)(C)[P+]12OC3CC(CC(C3)O1)O2. The summed E-state index contributed by atoms with van der Waals surface area (Å²) < 4.78 is 18.2. The van der Waals surface area contributed by atoms with Crippen molar-refractivity contribution in [2.75, 3.05) is 0 Å². The Morgan fingerprint density at radius 2 is 1.21 bits per heavy atom. The normalized spacial score (nSPS) is 51.2. The molecule has 0 amide bonds. The van der Waals surface area contributed by atoms with Crippen LogP contribution >= 0.6 is 7.82 Å². The molecule has 0 radical (unpaired) electrons. The van der Waals surface area contributed by atoms with Gasteiger partial charge in [-0.2, -0.15) is 0 Å². The van der Waals surface area contributed by atoms with Crippen LogP contribution in [-0.4, -0.2) is 24.2 Å². The Labute approximate surface area is 85.9 Å². The first-order valence-corrected chi connectivity index (χ1v) is 7.31. The Morgan fingerprint density at radius 1 is 0.857 bits per heavy atom. The second kappa shape index (κ2) is 2.73. The van der Waals surface area contributed by atoms with Crippen LogP contribution in [0.4, 0.5) is 0 Å². The van der Waals surface area contributed by atoms with E-state index in [4.69, 9.17) is 13.6 Å². The molecule has 0 unspecified atom stereocenters. The van der Waals surface area contributed by atoms with Crippen molar-refractivity contribution in [3.63, 3.8) is 0 Å². The molecular formula is C9H18BO3P. The van der Waals surface area contributed by atoms with Crippen LogP contribution in [0.15, 0.2) is 0 Å². The van der Waals surface area contributed by atoms with Crippen LogP contribution in [0.5, 0.6) is 0 Å². The van der Waals surface area contributed by atoms with Crippen molar-refractivity contribution in [2.24, 2.45) is 0 Å². The minimum Gasteiger partial charge on any atom is -0.221 e. The van der Waals surface area contributed by atoms with Gasteiger partial charge in [-0.05, 0) is 0 Å². The highest BCUT2D eigenvalue weighted by Gasteiger charge is 2.64. The predicted octanol–water partition coefficient (Wildman–Crippen LogP) is 2.95. The third-order valence-corrected chi connectivity index (χ3v) is 7.09. The van der Waals surface area contributed by atoms with Crippen LogP contribution in [0, 0.1) is 0 Å². The van der Waals surface area contributed by atoms with Gasteiger partial charge in [-0.25, -0.2) is 13.6 Å². The van der Waals surface area contributed by atoms with Crippen LogP contribution in [-0.2, 0) is 13.6 Å². The van der Waals surface area contributed by atoms with E-state index in [2.05, 4.69) is 20.5 Å². The summed E-state index contributed by atoms with van der Waals surface area (Å²) in [6.07, 6.45) is 4.55. The highest BCUT2D eigenvalue weighted by molar-refractivity contribution is 7.98. The van der Waals surface area contributed by atoms with E-state index in [-0.39, 0.29) is 0 Å². The molecule has 4 fully saturated rings. The molecule has 14 heavy (non-hydrogen) atoms. The van der Waals surface area contributed by atoms with E-state index >= 15 is 0 Å². The van der Waals surface area contributed by atoms with Gasteiger partial charge in [0, 0.05) is 19.3 Å². The van der Waals surface area contributed by atoms with Gasteiger partial charge in [0.25, 0.3) is 5.87 Å². The molecule has 0 atom stereocenters. The molecule has 3 nitrogen and oxygen atoms in total. The number of hydrogen-bond donors (Lipinski definition) is 0. The molecule has 4 rings (SSSR count). The topological polar surface area (TPSA) is 27.7 Å². The minimum atomic E-state index is -1.97. The highest BCUT2D eigenvalue weighted by Crippen LogP contribution is 2.77. The fraction of sp³-hybridized carbons (Fsp3) is 1.00. The van der Waals surface area contributed by atoms with Crippen LogP contribution < -0.4 is 0 Å². The summed E-state index contributed by atoms with van der Waals surface area (Å²) in [5.74, 6) is -0.657. The Balaban J connectivity index is 1.95. The summed E-state index contributed by atoms with van der Waals surface area (Å²) in [6.45, 7) is 6.67. The van der Waals surface area contributed by atoms with Gasteiger partial charge in [0.15, 0.2) is 0 Å². The summed E-state index contributed by atoms with van der Waals surface area (Å²) in [5.41, 5.74) is 0. The van der Waals surface area contributed by atoms with E-state index in [0.29, 0.717) is 18.3 Å². The molecule has 4 bridgehead atoms. The van der Waals surface area contributed by atoms with Crippen molar-refractivity contribution < 1.29 is 13.6 Å². The highest BCUT2D eigenvalue weighted by atomic mass is 31.2. The summed E-state index contributed by atoms with van der Waals surface area (Å²) in [4.78, 5) is 0. The maximum absolute atomic E-state index is 6.07. The zero-order chi connectivity index (χ0) is 9.97. The third kappa shape index (κ3) is 1.21. The molecule has 0 spiro atoms. The monoisotopic (exact) mass is 216 g/mol. The van der Waals surface area contributed by atoms with Gasteiger partial charge in [-0.1, -0.05) is 0 Å². The fourth-order valence-corrected chi connectivity index (χ4v) is 5.68. The molecule has 4 aliphatic rings. The maximum atomic E-state index is 6.07. The lowest BCUT2D eigenvalue weighted by Gasteiger charge is -2.54. The molecule has 3 saturated heterocycles. The zero-order valence-electron chi connectivity index (χ0n) is 9.10. The summed E-state index contributed by atoms with van der Waals surface area (Å²) in [6, 6.07) is 0. The van der Waals surface area contributed by atoms with E-state index in [1.54, 1.807) is 0 Å². The van der Waals surface area contributed by atoms with Crippen molar-refractivity contribution in [1.29, 1.82) is 0 Å². The summed E-state index contributed by atoms with van der Waals surface area (Å²) >= 11 is 0. The fourth-order valence-electron chi connectivity index (χ4n) is 2.67. The van der Waals surface area contributed by atoms with Crippen molar-refractivity contribution in [3.05, 3.63) is 0 Å². The Bertz CT molecular complexity index is 228. The molecule has 1 saturated carbocycles. The number of hydrogen-bond acceptors (Lipinski definition) is 3. The molecule has 3 heterocycles. The zero-order valence-corrected chi connectivity index (χ0v) is 10.00. The van der Waals surface area contributed by atoms with Crippen molar-refractivity contribution in [1.82, 2.24) is 0 Å². The molecular weight excluding hydrogens is 198 g/mol. The molecule has 0 aromatic heterocycles. The second-order valence-corrected chi connectivity index (χ2v) is 9.20. The van der Waals surface area contributed by atoms with E-state index in [0.717, 1.165) is 19.3 Å². The van der Waals surface area contributed by atoms with Crippen LogP contribution in [0.3, 0.4) is 0 Å². The van der Waals surface area contributed by atoms with Gasteiger partial charge < -0.3 is 0 Å². The van der Waals surface area contributed by atoms with Gasteiger partial charge in [0.2, 0.25) is 7.82 Å². The largest absolute Gasteiger partial charge is 0.258 e. The van der Waals surface area contributed by atoms with E-state index in [9.17, 15) is 0 Å². The van der Waals surface area contributed by atoms with E-state index in [1.165, 1.54) is 0 Å². The summed E-state index contributed by atoms with van der Waals surface area (Å²) in [7, 11) is -1.97. The minimum absolute atomic E-state index is 0.427. The smallest absolute Gasteiger partial charge is 0.221 e. The lowest BCUT2D eigenvalue weighted by molar-refractivity contribution is -0.112. The molecule has 3 aliphatic heterocycles. The quantitative estimate of drug-likeness (QED) is 0.498. The van der Waals surface area contributed by atoms with Gasteiger partial charge in [0.05, 0.1) is 0 Å². The average Bonchev–Trinajstić information content (AvgIpc) is 1.98. The predicted molar refractivity (Wildman–Crippen MR) is 58.7 cm³/mol. The first kappa shape index (κ1) is 9.59. The first-order valence-electron chi connectivity index (χ1n) is 5.69. The molecule has 80 valence electrons. The van der Waals surface area contributed by atoms with Crippen LogP contribution in [0.25, 0.3) is 0 Å². The van der Waals surface area contributed by atoms with Gasteiger partial charge in [0.1, 0.15) is 18.3 Å². The molecule has 5 heteroatoms. The molecule has 0 aromatic carbocycles. The molecule has 0 aromatic rings. The standard InChI is InChI=1S/C9H18BO3P/c1-10(2,3)14-11-7-4-8(12-14)6-9(5-7)13-14/h7-9H,4-6H2,1-3H3. The summed E-state index contributed by atoms with van der Waals surface area (Å²) in [5, 5.41) is 0. The molecule has 0 N–H and O–H groups in total. The van der Waals surface area contributed by atoms with Crippen molar-refractivity contribution >= 4 is 13.7 Å². The van der Waals surface area contributed by atoms with Crippen molar-refractivity contribution in [3.8, 4) is 0 Å². The Morgan fingerprint density at radius 3 is 1.50 bits per heavy atom. The molecule has 1 aliphatic carbocycles. The average molecular weight is 216 g/mol. The Kier molecular flexibility index (Phi) is 1.87. The van der Waals surface area contributed by atoms with Gasteiger partial charge in [-0.15, -0.1) is 20.5 Å².